The second kappa shape index (κ2) is 10.0. The van der Waals surface area contributed by atoms with Crippen molar-refractivity contribution in [1.82, 2.24) is 4.98 Å². The fourth-order valence-electron chi connectivity index (χ4n) is 2.42. The first kappa shape index (κ1) is 21.8. The topological polar surface area (TPSA) is 50.2 Å². The summed E-state index contributed by atoms with van der Waals surface area (Å²) < 4.78 is 0. The number of aliphatic hydroxyl groups is 1. The van der Waals surface area contributed by atoms with Crippen LogP contribution in [0.5, 0.6) is 0 Å². The van der Waals surface area contributed by atoms with Crippen LogP contribution in [0.3, 0.4) is 0 Å². The van der Waals surface area contributed by atoms with Gasteiger partial charge in [0.25, 0.3) is 0 Å². The summed E-state index contributed by atoms with van der Waals surface area (Å²) in [6.07, 6.45) is 1.17. The van der Waals surface area contributed by atoms with Gasteiger partial charge in [0.15, 0.2) is 5.78 Å². The average Bonchev–Trinajstić information content (AvgIpc) is 2.53. The van der Waals surface area contributed by atoms with Gasteiger partial charge in [0.05, 0.1) is 11.3 Å². The molecule has 0 aliphatic carbocycles. The molecular formula is C22H22IrNO2-. The second-order valence-electron chi connectivity index (χ2n) is 6.04. The molecule has 3 nitrogen and oxygen atoms in total. The predicted molar refractivity (Wildman–Crippen MR) is 103 cm³/mol. The van der Waals surface area contributed by atoms with Gasteiger partial charge in [0.2, 0.25) is 0 Å². The molecule has 0 bridgehead atoms. The van der Waals surface area contributed by atoms with Crippen molar-refractivity contribution >= 4 is 16.7 Å². The van der Waals surface area contributed by atoms with Crippen LogP contribution in [0.4, 0.5) is 0 Å². The van der Waals surface area contributed by atoms with Crippen molar-refractivity contribution in [2.45, 2.75) is 27.7 Å². The van der Waals surface area contributed by atoms with Gasteiger partial charge in [-0.1, -0.05) is 30.7 Å². The molecule has 1 N–H and O–H groups in total. The molecule has 137 valence electrons. The summed E-state index contributed by atoms with van der Waals surface area (Å²) in [6.45, 7) is 7.00. The van der Waals surface area contributed by atoms with E-state index in [4.69, 9.17) is 10.1 Å². The number of rotatable bonds is 2. The van der Waals surface area contributed by atoms with E-state index in [0.29, 0.717) is 0 Å². The van der Waals surface area contributed by atoms with Gasteiger partial charge in [-0.15, -0.1) is 35.4 Å². The molecule has 1 heterocycles. The minimum atomic E-state index is -0.125. The minimum absolute atomic E-state index is 0. The molecule has 0 aliphatic rings. The molecule has 0 saturated heterocycles. The van der Waals surface area contributed by atoms with Crippen LogP contribution in [0.25, 0.3) is 22.2 Å². The van der Waals surface area contributed by atoms with Crippen LogP contribution in [0.1, 0.15) is 25.0 Å². The third-order valence-electron chi connectivity index (χ3n) is 3.47. The molecule has 0 amide bonds. The molecule has 0 fully saturated rings. The smallest absolute Gasteiger partial charge is 0.155 e. The van der Waals surface area contributed by atoms with E-state index in [2.05, 4.69) is 49.4 Å². The fourth-order valence-corrected chi connectivity index (χ4v) is 2.42. The van der Waals surface area contributed by atoms with Crippen molar-refractivity contribution in [2.24, 2.45) is 0 Å². The Morgan fingerprint density at radius 3 is 2.38 bits per heavy atom. The van der Waals surface area contributed by atoms with E-state index in [-0.39, 0.29) is 31.6 Å². The first-order chi connectivity index (χ1) is 11.8. The van der Waals surface area contributed by atoms with Gasteiger partial charge in [-0.05, 0) is 44.0 Å². The number of aliphatic hydroxyl groups excluding tert-OH is 1. The maximum Gasteiger partial charge on any atom is 0.155 e. The van der Waals surface area contributed by atoms with Crippen LogP contribution in [0.15, 0.2) is 60.4 Å². The number of pyridine rings is 1. The Balaban J connectivity index is 0.000000366. The van der Waals surface area contributed by atoms with E-state index in [0.717, 1.165) is 22.3 Å². The molecule has 0 spiro atoms. The fraction of sp³-hybridized carbons (Fsp3) is 0.182. The van der Waals surface area contributed by atoms with Crippen LogP contribution in [-0.4, -0.2) is 15.9 Å². The van der Waals surface area contributed by atoms with Crippen LogP contribution in [0, 0.1) is 19.9 Å². The first-order valence-corrected chi connectivity index (χ1v) is 8.10. The molecule has 1 radical (unpaired) electrons. The van der Waals surface area contributed by atoms with Gasteiger partial charge in [-0.2, -0.15) is 0 Å². The summed E-state index contributed by atoms with van der Waals surface area (Å²) in [4.78, 5) is 14.7. The molecule has 0 atom stereocenters. The summed E-state index contributed by atoms with van der Waals surface area (Å²) in [5.41, 5.74) is 5.47. The van der Waals surface area contributed by atoms with Gasteiger partial charge < -0.3 is 5.11 Å². The number of hydrogen-bond donors (Lipinski definition) is 1. The number of nitrogens with zero attached hydrogens (tertiary/aromatic N) is 1. The standard InChI is InChI=1S/C17H14N.C5H8O2.Ir/c1-12-4-3-5-14(10-12)17-9-7-15-11-13(2)6-8-16(15)18-17;1-4(6)3-5(2)7;/h3-9,11H,1-2H3;3,6H,1-2H3;/q-1;;/b;4-3-;. The predicted octanol–water partition coefficient (Wildman–Crippen LogP) is 5.35. The Kier molecular flexibility index (Phi) is 8.37. The van der Waals surface area contributed by atoms with Crippen LogP contribution >= 0.6 is 0 Å². The van der Waals surface area contributed by atoms with E-state index < -0.39 is 0 Å². The van der Waals surface area contributed by atoms with Crippen molar-refractivity contribution in [3.05, 3.63) is 77.6 Å². The molecular weight excluding hydrogens is 502 g/mol. The summed E-state index contributed by atoms with van der Waals surface area (Å²) in [7, 11) is 0. The summed E-state index contributed by atoms with van der Waals surface area (Å²) in [5, 5.41) is 9.55. The maximum atomic E-state index is 10.0. The number of benzene rings is 2. The Morgan fingerprint density at radius 2 is 1.81 bits per heavy atom. The third-order valence-corrected chi connectivity index (χ3v) is 3.47. The van der Waals surface area contributed by atoms with E-state index >= 15 is 0 Å². The zero-order valence-corrected chi connectivity index (χ0v) is 17.7. The van der Waals surface area contributed by atoms with Gasteiger partial charge in [-0.3, -0.25) is 9.78 Å². The molecule has 1 aromatic heterocycles. The Hall–Kier alpha value is -2.29. The number of hydrogen-bond acceptors (Lipinski definition) is 3. The summed E-state index contributed by atoms with van der Waals surface area (Å²) in [5.74, 6) is -0.0625. The number of ketones is 1. The normalized spacial score (nSPS) is 10.5. The minimum Gasteiger partial charge on any atom is -0.512 e. The van der Waals surface area contributed by atoms with Crippen molar-refractivity contribution in [1.29, 1.82) is 0 Å². The molecule has 3 rings (SSSR count). The number of carbonyl (C=O) groups is 1. The van der Waals surface area contributed by atoms with Crippen molar-refractivity contribution in [3.8, 4) is 11.3 Å². The molecule has 2 aromatic carbocycles. The van der Waals surface area contributed by atoms with Gasteiger partial charge in [0.1, 0.15) is 0 Å². The Labute approximate surface area is 168 Å². The van der Waals surface area contributed by atoms with Crippen LogP contribution < -0.4 is 0 Å². The summed E-state index contributed by atoms with van der Waals surface area (Å²) >= 11 is 0. The first-order valence-electron chi connectivity index (χ1n) is 8.10. The van der Waals surface area contributed by atoms with Gasteiger partial charge in [-0.25, -0.2) is 0 Å². The summed E-state index contributed by atoms with van der Waals surface area (Å²) in [6, 6.07) is 20.0. The number of aromatic nitrogens is 1. The average molecular weight is 525 g/mol. The van der Waals surface area contributed by atoms with Gasteiger partial charge >= 0.3 is 0 Å². The van der Waals surface area contributed by atoms with Crippen molar-refractivity contribution in [2.75, 3.05) is 0 Å². The molecule has 0 saturated carbocycles. The number of fused-ring (bicyclic) bond motifs is 1. The number of aryl methyl sites for hydroxylation is 2. The monoisotopic (exact) mass is 525 g/mol. The van der Waals surface area contributed by atoms with E-state index in [1.807, 2.05) is 19.1 Å². The van der Waals surface area contributed by atoms with Gasteiger partial charge in [0, 0.05) is 26.2 Å². The SMILES string of the molecule is CC(=O)/C=C(/C)O.Cc1[c-]c(-c2ccc3cc(C)ccc3n2)ccc1.[Ir]. The number of carbonyl (C=O) groups excluding carboxylic acids is 1. The Bertz CT molecular complexity index is 928. The third kappa shape index (κ3) is 6.55. The zero-order valence-electron chi connectivity index (χ0n) is 15.3. The maximum absolute atomic E-state index is 10.0. The molecule has 0 aliphatic heterocycles. The molecule has 26 heavy (non-hydrogen) atoms. The quantitative estimate of drug-likeness (QED) is 0.279. The molecule has 0 unspecified atom stereocenters. The second-order valence-corrected chi connectivity index (χ2v) is 6.04. The zero-order chi connectivity index (χ0) is 18.4. The largest absolute Gasteiger partial charge is 0.512 e. The number of allylic oxidation sites excluding steroid dienone is 2. The van der Waals surface area contributed by atoms with Crippen LogP contribution in [-0.2, 0) is 24.9 Å². The van der Waals surface area contributed by atoms with E-state index in [1.165, 1.54) is 30.9 Å². The van der Waals surface area contributed by atoms with Crippen LogP contribution in [0.2, 0.25) is 0 Å². The van der Waals surface area contributed by atoms with E-state index in [1.54, 1.807) is 0 Å². The Morgan fingerprint density at radius 1 is 1.08 bits per heavy atom. The van der Waals surface area contributed by atoms with Crippen molar-refractivity contribution < 1.29 is 30.0 Å². The van der Waals surface area contributed by atoms with Crippen molar-refractivity contribution in [3.63, 3.8) is 0 Å². The molecule has 3 aromatic rings. The molecule has 4 heteroatoms. The van der Waals surface area contributed by atoms with E-state index in [9.17, 15) is 4.79 Å².